The molecule has 10 heavy (non-hydrogen) atoms. The summed E-state index contributed by atoms with van der Waals surface area (Å²) < 4.78 is 5.38. The Labute approximate surface area is 61.2 Å². The number of ether oxygens (including phenoxy) is 1. The molecular weight excluding hydrogens is 130 g/mol. The first kappa shape index (κ1) is 7.98. The van der Waals surface area contributed by atoms with Gasteiger partial charge in [-0.15, -0.1) is 0 Å². The second-order valence-corrected chi connectivity index (χ2v) is 2.87. The van der Waals surface area contributed by atoms with Crippen molar-refractivity contribution in [3.05, 3.63) is 0 Å². The van der Waals surface area contributed by atoms with Crippen molar-refractivity contribution in [3.8, 4) is 0 Å². The summed E-state index contributed by atoms with van der Waals surface area (Å²) in [5.41, 5.74) is 5.27. The largest absolute Gasteiger partial charge is 0.389 e. The van der Waals surface area contributed by atoms with Gasteiger partial charge in [-0.3, -0.25) is 0 Å². The van der Waals surface area contributed by atoms with Crippen LogP contribution >= 0.6 is 0 Å². The van der Waals surface area contributed by atoms with Crippen molar-refractivity contribution >= 4 is 0 Å². The van der Waals surface area contributed by atoms with Crippen molar-refractivity contribution in [3.63, 3.8) is 0 Å². The number of rotatable bonds is 2. The second-order valence-electron chi connectivity index (χ2n) is 2.87. The molecule has 0 aromatic rings. The third-order valence-electron chi connectivity index (χ3n) is 1.94. The fourth-order valence-electron chi connectivity index (χ4n) is 1.27. The third kappa shape index (κ3) is 1.68. The lowest BCUT2D eigenvalue weighted by atomic mass is 10.1. The average molecular weight is 145 g/mol. The van der Waals surface area contributed by atoms with Gasteiger partial charge in [-0.25, -0.2) is 0 Å². The molecule has 0 saturated carbocycles. The zero-order chi connectivity index (χ0) is 7.56. The van der Waals surface area contributed by atoms with Crippen LogP contribution in [0.15, 0.2) is 0 Å². The lowest BCUT2D eigenvalue weighted by molar-refractivity contribution is -0.0242. The van der Waals surface area contributed by atoms with Gasteiger partial charge in [0, 0.05) is 6.54 Å². The molecule has 0 aromatic heterocycles. The SMILES string of the molecule is C[C@@H]1CCC([C@H](O)CN)O1. The Morgan fingerprint density at radius 1 is 1.70 bits per heavy atom. The van der Waals surface area contributed by atoms with Gasteiger partial charge in [0.2, 0.25) is 0 Å². The summed E-state index contributed by atoms with van der Waals surface area (Å²) in [5.74, 6) is 0. The van der Waals surface area contributed by atoms with Gasteiger partial charge in [0.05, 0.1) is 18.3 Å². The van der Waals surface area contributed by atoms with Crippen molar-refractivity contribution in [1.29, 1.82) is 0 Å². The van der Waals surface area contributed by atoms with E-state index in [2.05, 4.69) is 0 Å². The van der Waals surface area contributed by atoms with Gasteiger partial charge < -0.3 is 15.6 Å². The lowest BCUT2D eigenvalue weighted by Gasteiger charge is -2.15. The van der Waals surface area contributed by atoms with Gasteiger partial charge in [0.25, 0.3) is 0 Å². The Hall–Kier alpha value is -0.120. The number of aliphatic hydroxyl groups excluding tert-OH is 1. The van der Waals surface area contributed by atoms with E-state index in [1.807, 2.05) is 6.92 Å². The summed E-state index contributed by atoms with van der Waals surface area (Å²) in [7, 11) is 0. The van der Waals surface area contributed by atoms with Crippen LogP contribution in [0.4, 0.5) is 0 Å². The highest BCUT2D eigenvalue weighted by Crippen LogP contribution is 2.20. The summed E-state index contributed by atoms with van der Waals surface area (Å²) in [6, 6.07) is 0. The van der Waals surface area contributed by atoms with Crippen LogP contribution in [0.2, 0.25) is 0 Å². The maximum absolute atomic E-state index is 9.23. The predicted molar refractivity (Wildman–Crippen MR) is 38.6 cm³/mol. The fraction of sp³-hybridized carbons (Fsp3) is 1.00. The minimum absolute atomic E-state index is 0.0139. The van der Waals surface area contributed by atoms with Gasteiger partial charge in [-0.05, 0) is 19.8 Å². The van der Waals surface area contributed by atoms with Gasteiger partial charge in [-0.2, -0.15) is 0 Å². The number of hydrogen-bond acceptors (Lipinski definition) is 3. The maximum atomic E-state index is 9.23. The van der Waals surface area contributed by atoms with E-state index < -0.39 is 6.10 Å². The third-order valence-corrected chi connectivity index (χ3v) is 1.94. The molecule has 0 radical (unpaired) electrons. The fourth-order valence-corrected chi connectivity index (χ4v) is 1.27. The number of aliphatic hydroxyl groups is 1. The summed E-state index contributed by atoms with van der Waals surface area (Å²) >= 11 is 0. The Morgan fingerprint density at radius 3 is 2.80 bits per heavy atom. The first-order chi connectivity index (χ1) is 4.74. The van der Waals surface area contributed by atoms with Crippen LogP contribution in [0.1, 0.15) is 19.8 Å². The summed E-state index contributed by atoms with van der Waals surface area (Å²) in [6.45, 7) is 2.32. The Bertz CT molecular complexity index is 108. The van der Waals surface area contributed by atoms with E-state index in [1.54, 1.807) is 0 Å². The molecule has 3 heteroatoms. The molecule has 1 aliphatic rings. The Kier molecular flexibility index (Phi) is 2.65. The highest BCUT2D eigenvalue weighted by molar-refractivity contribution is 4.77. The molecule has 3 atom stereocenters. The second kappa shape index (κ2) is 3.32. The molecule has 0 amide bonds. The topological polar surface area (TPSA) is 55.5 Å². The van der Waals surface area contributed by atoms with Crippen LogP contribution in [0, 0.1) is 0 Å². The van der Waals surface area contributed by atoms with Crippen molar-refractivity contribution < 1.29 is 9.84 Å². The smallest absolute Gasteiger partial charge is 0.0923 e. The first-order valence-electron chi connectivity index (χ1n) is 3.77. The molecule has 1 fully saturated rings. The van der Waals surface area contributed by atoms with Crippen molar-refractivity contribution in [1.82, 2.24) is 0 Å². The molecule has 3 nitrogen and oxygen atoms in total. The normalized spacial score (nSPS) is 36.3. The van der Waals surface area contributed by atoms with E-state index in [9.17, 15) is 5.11 Å². The highest BCUT2D eigenvalue weighted by atomic mass is 16.5. The van der Waals surface area contributed by atoms with Crippen molar-refractivity contribution in [2.75, 3.05) is 6.54 Å². The molecule has 1 unspecified atom stereocenters. The Morgan fingerprint density at radius 2 is 2.40 bits per heavy atom. The van der Waals surface area contributed by atoms with Crippen LogP contribution in [0.25, 0.3) is 0 Å². The molecular formula is C7H15NO2. The standard InChI is InChI=1S/C7H15NO2/c1-5-2-3-7(10-5)6(9)4-8/h5-7,9H,2-4,8H2,1H3/t5-,6-,7?/m1/s1. The van der Waals surface area contributed by atoms with E-state index in [4.69, 9.17) is 10.5 Å². The molecule has 0 bridgehead atoms. The van der Waals surface area contributed by atoms with Gasteiger partial charge in [0.1, 0.15) is 0 Å². The number of nitrogens with two attached hydrogens (primary N) is 1. The monoisotopic (exact) mass is 145 g/mol. The van der Waals surface area contributed by atoms with Crippen LogP contribution in [0.3, 0.4) is 0 Å². The molecule has 0 aliphatic carbocycles. The lowest BCUT2D eigenvalue weighted by Crippen LogP contribution is -2.33. The summed E-state index contributed by atoms with van der Waals surface area (Å²) in [6.07, 6.45) is 1.80. The van der Waals surface area contributed by atoms with Gasteiger partial charge in [0.15, 0.2) is 0 Å². The molecule has 3 N–H and O–H groups in total. The molecule has 1 saturated heterocycles. The van der Waals surface area contributed by atoms with Gasteiger partial charge >= 0.3 is 0 Å². The van der Waals surface area contributed by atoms with E-state index >= 15 is 0 Å². The minimum Gasteiger partial charge on any atom is -0.389 e. The van der Waals surface area contributed by atoms with E-state index in [0.29, 0.717) is 12.6 Å². The predicted octanol–water partition coefficient (Wildman–Crippen LogP) is -0.126. The van der Waals surface area contributed by atoms with E-state index in [-0.39, 0.29) is 6.10 Å². The van der Waals surface area contributed by atoms with Crippen LogP contribution in [0.5, 0.6) is 0 Å². The zero-order valence-electron chi connectivity index (χ0n) is 6.29. The maximum Gasteiger partial charge on any atom is 0.0923 e. The van der Waals surface area contributed by atoms with E-state index in [0.717, 1.165) is 12.8 Å². The summed E-state index contributed by atoms with van der Waals surface area (Å²) in [4.78, 5) is 0. The van der Waals surface area contributed by atoms with Crippen LogP contribution < -0.4 is 5.73 Å². The molecule has 1 rings (SSSR count). The molecule has 1 heterocycles. The van der Waals surface area contributed by atoms with Crippen molar-refractivity contribution in [2.24, 2.45) is 5.73 Å². The molecule has 60 valence electrons. The molecule has 1 aliphatic heterocycles. The van der Waals surface area contributed by atoms with Crippen LogP contribution in [-0.4, -0.2) is 30.0 Å². The molecule has 0 aromatic carbocycles. The van der Waals surface area contributed by atoms with E-state index in [1.165, 1.54) is 0 Å². The first-order valence-corrected chi connectivity index (χ1v) is 3.77. The average Bonchev–Trinajstić information content (AvgIpc) is 2.34. The minimum atomic E-state index is -0.468. The Balaban J connectivity index is 2.29. The zero-order valence-corrected chi connectivity index (χ0v) is 6.29. The van der Waals surface area contributed by atoms with Gasteiger partial charge in [-0.1, -0.05) is 0 Å². The summed E-state index contributed by atoms with van der Waals surface area (Å²) in [5, 5.41) is 9.23. The molecule has 0 spiro atoms. The highest BCUT2D eigenvalue weighted by Gasteiger charge is 2.26. The van der Waals surface area contributed by atoms with Crippen LogP contribution in [-0.2, 0) is 4.74 Å². The van der Waals surface area contributed by atoms with Crippen molar-refractivity contribution in [2.45, 2.75) is 38.1 Å². The quantitative estimate of drug-likeness (QED) is 0.569. The number of hydrogen-bond donors (Lipinski definition) is 2.